The lowest BCUT2D eigenvalue weighted by molar-refractivity contribution is -0.132. The number of benzene rings is 3. The number of hydrogen-bond acceptors (Lipinski definition) is 7. The number of amides is 1. The lowest BCUT2D eigenvalue weighted by atomic mass is 9.85. The Kier molecular flexibility index (Phi) is 7.38. The maximum Gasteiger partial charge on any atom is 0.301 e. The highest BCUT2D eigenvalue weighted by Gasteiger charge is 2.48. The van der Waals surface area contributed by atoms with Crippen molar-refractivity contribution in [2.24, 2.45) is 0 Å². The Morgan fingerprint density at radius 3 is 2.28 bits per heavy atom. The van der Waals surface area contributed by atoms with E-state index < -0.39 is 23.5 Å². The number of aliphatic hydroxyl groups excluding tert-OH is 1. The fourth-order valence-corrected chi connectivity index (χ4v) is 6.17. The number of Topliss-reactive ketones (excluding diaryl/α,β-unsaturated/α-hetero) is 1. The van der Waals surface area contributed by atoms with Gasteiger partial charge in [0.15, 0.2) is 4.34 Å². The molecule has 0 saturated carbocycles. The van der Waals surface area contributed by atoms with Gasteiger partial charge < -0.3 is 5.11 Å². The Morgan fingerprint density at radius 2 is 1.64 bits per heavy atom. The molecule has 1 unspecified atom stereocenters. The van der Waals surface area contributed by atoms with Crippen molar-refractivity contribution in [3.05, 3.63) is 113 Å². The van der Waals surface area contributed by atoms with Crippen LogP contribution >= 0.6 is 23.1 Å². The summed E-state index contributed by atoms with van der Waals surface area (Å²) >= 11 is 2.70. The van der Waals surface area contributed by atoms with Crippen molar-refractivity contribution in [1.29, 1.82) is 0 Å². The number of hydrogen-bond donors (Lipinski definition) is 1. The lowest BCUT2D eigenvalue weighted by Gasteiger charge is -2.24. The zero-order valence-electron chi connectivity index (χ0n) is 21.6. The quantitative estimate of drug-likeness (QED) is 0.0910. The summed E-state index contributed by atoms with van der Waals surface area (Å²) in [4.78, 5) is 28.1. The van der Waals surface area contributed by atoms with Gasteiger partial charge in [0.25, 0.3) is 5.78 Å². The van der Waals surface area contributed by atoms with Crippen LogP contribution in [-0.4, -0.2) is 27.0 Å². The molecule has 0 bridgehead atoms. The Labute approximate surface area is 234 Å². The standard InChI is InChI=1S/C30H26FN3O3S2/c1-30(2,3)21-13-9-19(10-14-21)24-23(25(35)20-11-15-22(31)16-12-20)26(36)27(37)34(24)28-32-33-29(39-28)38-17-18-7-5-4-6-8-18/h4-16,24,35H,17H2,1-3H3/b25-23-. The van der Waals surface area contributed by atoms with Crippen LogP contribution in [0.15, 0.2) is 88.8 Å². The summed E-state index contributed by atoms with van der Waals surface area (Å²) in [5.41, 5.74) is 2.90. The lowest BCUT2D eigenvalue weighted by Crippen LogP contribution is -2.29. The van der Waals surface area contributed by atoms with Crippen LogP contribution < -0.4 is 4.90 Å². The highest BCUT2D eigenvalue weighted by Crippen LogP contribution is 2.44. The molecule has 1 aliphatic heterocycles. The molecule has 39 heavy (non-hydrogen) atoms. The summed E-state index contributed by atoms with van der Waals surface area (Å²) in [5.74, 6) is -1.81. The van der Waals surface area contributed by atoms with Gasteiger partial charge in [-0.3, -0.25) is 14.5 Å². The topological polar surface area (TPSA) is 83.4 Å². The van der Waals surface area contributed by atoms with E-state index >= 15 is 0 Å². The first-order valence-electron chi connectivity index (χ1n) is 12.3. The van der Waals surface area contributed by atoms with Crippen LogP contribution in [0.1, 0.15) is 49.1 Å². The molecule has 9 heteroatoms. The first kappa shape index (κ1) is 26.8. The molecule has 1 saturated heterocycles. The smallest absolute Gasteiger partial charge is 0.301 e. The SMILES string of the molecule is CC(C)(C)c1ccc(C2/C(=C(/O)c3ccc(F)cc3)C(=O)C(=O)N2c2nnc(SCc3ccccc3)s2)cc1. The van der Waals surface area contributed by atoms with E-state index in [1.54, 1.807) is 0 Å². The number of carbonyl (C=O) groups is 2. The average molecular weight is 560 g/mol. The van der Waals surface area contributed by atoms with Crippen LogP contribution in [0, 0.1) is 5.82 Å². The fraction of sp³-hybridized carbons (Fsp3) is 0.200. The molecule has 198 valence electrons. The summed E-state index contributed by atoms with van der Waals surface area (Å²) in [6.45, 7) is 6.29. The summed E-state index contributed by atoms with van der Waals surface area (Å²) in [5, 5.41) is 20.0. The molecule has 1 fully saturated rings. The molecule has 0 spiro atoms. The molecule has 0 radical (unpaired) electrons. The van der Waals surface area contributed by atoms with Crippen molar-refractivity contribution >= 4 is 45.7 Å². The Morgan fingerprint density at radius 1 is 0.974 bits per heavy atom. The number of ketones is 1. The summed E-state index contributed by atoms with van der Waals surface area (Å²) in [6, 6.07) is 21.7. The maximum absolute atomic E-state index is 13.6. The van der Waals surface area contributed by atoms with Crippen molar-refractivity contribution < 1.29 is 19.1 Å². The number of aliphatic hydroxyl groups is 1. The van der Waals surface area contributed by atoms with Gasteiger partial charge in [-0.15, -0.1) is 10.2 Å². The van der Waals surface area contributed by atoms with Gasteiger partial charge in [-0.2, -0.15) is 0 Å². The third-order valence-electron chi connectivity index (χ3n) is 6.46. The molecule has 6 nitrogen and oxygen atoms in total. The number of halogens is 1. The zero-order valence-corrected chi connectivity index (χ0v) is 23.2. The van der Waals surface area contributed by atoms with Gasteiger partial charge in [-0.05, 0) is 46.4 Å². The third-order valence-corrected chi connectivity index (χ3v) is 8.59. The first-order chi connectivity index (χ1) is 18.6. The van der Waals surface area contributed by atoms with Crippen LogP contribution in [0.2, 0.25) is 0 Å². The molecular weight excluding hydrogens is 533 g/mol. The Balaban J connectivity index is 1.56. The van der Waals surface area contributed by atoms with Gasteiger partial charge in [-0.25, -0.2) is 4.39 Å². The van der Waals surface area contributed by atoms with Crippen LogP contribution in [0.4, 0.5) is 9.52 Å². The van der Waals surface area contributed by atoms with E-state index in [1.165, 1.54) is 52.3 Å². The van der Waals surface area contributed by atoms with E-state index in [9.17, 15) is 19.1 Å². The van der Waals surface area contributed by atoms with Crippen LogP contribution in [0.25, 0.3) is 5.76 Å². The maximum atomic E-state index is 13.6. The Hall–Kier alpha value is -3.82. The molecule has 2 heterocycles. The number of anilines is 1. The number of nitrogens with zero attached hydrogens (tertiary/aromatic N) is 3. The number of rotatable bonds is 6. The summed E-state index contributed by atoms with van der Waals surface area (Å²) in [7, 11) is 0. The molecule has 1 amide bonds. The number of thioether (sulfide) groups is 1. The third kappa shape index (κ3) is 5.51. The van der Waals surface area contributed by atoms with Gasteiger partial charge in [0.2, 0.25) is 5.13 Å². The molecule has 3 aromatic carbocycles. The predicted molar refractivity (Wildman–Crippen MR) is 152 cm³/mol. The second-order valence-electron chi connectivity index (χ2n) is 10.2. The monoisotopic (exact) mass is 559 g/mol. The molecule has 1 aliphatic rings. The van der Waals surface area contributed by atoms with Crippen molar-refractivity contribution in [3.8, 4) is 0 Å². The second-order valence-corrected chi connectivity index (χ2v) is 12.4. The van der Waals surface area contributed by atoms with E-state index in [1.807, 2.05) is 54.6 Å². The molecule has 1 aromatic heterocycles. The largest absolute Gasteiger partial charge is 0.507 e. The predicted octanol–water partition coefficient (Wildman–Crippen LogP) is 6.89. The molecule has 1 atom stereocenters. The van der Waals surface area contributed by atoms with Crippen molar-refractivity contribution in [1.82, 2.24) is 10.2 Å². The summed E-state index contributed by atoms with van der Waals surface area (Å²) < 4.78 is 14.2. The van der Waals surface area contributed by atoms with Crippen molar-refractivity contribution in [3.63, 3.8) is 0 Å². The van der Waals surface area contributed by atoms with Crippen LogP contribution in [0.5, 0.6) is 0 Å². The highest BCUT2D eigenvalue weighted by atomic mass is 32.2. The molecule has 1 N–H and O–H groups in total. The number of aromatic nitrogens is 2. The Bertz CT molecular complexity index is 1540. The van der Waals surface area contributed by atoms with Crippen molar-refractivity contribution in [2.45, 2.75) is 42.3 Å². The minimum Gasteiger partial charge on any atom is -0.507 e. The second kappa shape index (κ2) is 10.7. The van der Waals surface area contributed by atoms with Gasteiger partial charge in [-0.1, -0.05) is 98.5 Å². The van der Waals surface area contributed by atoms with Gasteiger partial charge in [0.05, 0.1) is 11.6 Å². The molecular formula is C30H26FN3O3S2. The van der Waals surface area contributed by atoms with E-state index in [0.717, 1.165) is 11.1 Å². The minimum atomic E-state index is -0.927. The van der Waals surface area contributed by atoms with Crippen molar-refractivity contribution in [2.75, 3.05) is 4.90 Å². The van der Waals surface area contributed by atoms with E-state index in [-0.39, 0.29) is 27.4 Å². The normalized spacial score (nSPS) is 17.1. The minimum absolute atomic E-state index is 0.0798. The van der Waals surface area contributed by atoms with E-state index in [2.05, 4.69) is 31.0 Å². The molecule has 5 rings (SSSR count). The fourth-order valence-electron chi connectivity index (χ4n) is 4.35. The van der Waals surface area contributed by atoms with Crippen LogP contribution in [0.3, 0.4) is 0 Å². The van der Waals surface area contributed by atoms with E-state index in [4.69, 9.17) is 0 Å². The summed E-state index contributed by atoms with van der Waals surface area (Å²) in [6.07, 6.45) is 0. The van der Waals surface area contributed by atoms with Gasteiger partial charge in [0, 0.05) is 11.3 Å². The van der Waals surface area contributed by atoms with Gasteiger partial charge in [0.1, 0.15) is 11.6 Å². The van der Waals surface area contributed by atoms with Gasteiger partial charge >= 0.3 is 5.91 Å². The average Bonchev–Trinajstić information content (AvgIpc) is 3.49. The van der Waals surface area contributed by atoms with Crippen LogP contribution in [-0.2, 0) is 20.8 Å². The number of carbonyl (C=O) groups excluding carboxylic acids is 2. The zero-order chi connectivity index (χ0) is 27.7. The van der Waals surface area contributed by atoms with E-state index in [0.29, 0.717) is 15.7 Å². The first-order valence-corrected chi connectivity index (χ1v) is 14.1. The highest BCUT2D eigenvalue weighted by molar-refractivity contribution is 8.00. The molecule has 4 aromatic rings. The molecule has 0 aliphatic carbocycles.